The zero-order valence-corrected chi connectivity index (χ0v) is 13.5. The molecule has 6 nitrogen and oxygen atoms in total. The lowest BCUT2D eigenvalue weighted by atomic mass is 10.2. The summed E-state index contributed by atoms with van der Waals surface area (Å²) < 4.78 is 32.5. The van der Waals surface area contributed by atoms with Crippen LogP contribution in [0, 0.1) is 0 Å². The number of fused-ring (bicyclic) bond motifs is 1. The van der Waals surface area contributed by atoms with Crippen LogP contribution < -0.4 is 5.73 Å². The summed E-state index contributed by atoms with van der Waals surface area (Å²) in [6.45, 7) is 3.19. The summed E-state index contributed by atoms with van der Waals surface area (Å²) in [5, 5.41) is 0. The standard InChI is InChI=1S/C12H18BrN3O3S/c13-12-11(6-10(7-14)19-12)20(17,18)16-5-4-15-3-1-2-9(15)8-16/h6,9H,1-5,7-8,14H2. The fourth-order valence-corrected chi connectivity index (χ4v) is 5.42. The van der Waals surface area contributed by atoms with Crippen LogP contribution >= 0.6 is 15.9 Å². The number of hydrogen-bond acceptors (Lipinski definition) is 5. The average molecular weight is 364 g/mol. The molecule has 0 amide bonds. The highest BCUT2D eigenvalue weighted by Crippen LogP contribution is 2.31. The second-order valence-corrected chi connectivity index (χ2v) is 7.88. The van der Waals surface area contributed by atoms with E-state index in [9.17, 15) is 8.42 Å². The average Bonchev–Trinajstić information content (AvgIpc) is 3.03. The van der Waals surface area contributed by atoms with Crippen LogP contribution in [0.3, 0.4) is 0 Å². The summed E-state index contributed by atoms with van der Waals surface area (Å²) in [6.07, 6.45) is 2.23. The highest BCUT2D eigenvalue weighted by atomic mass is 79.9. The Bertz CT molecular complexity index is 601. The number of nitrogens with two attached hydrogens (primary N) is 1. The van der Waals surface area contributed by atoms with Crippen LogP contribution in [0.25, 0.3) is 0 Å². The van der Waals surface area contributed by atoms with Gasteiger partial charge < -0.3 is 10.2 Å². The van der Waals surface area contributed by atoms with Gasteiger partial charge in [-0.1, -0.05) is 0 Å². The summed E-state index contributed by atoms with van der Waals surface area (Å²) in [5.41, 5.74) is 5.49. The molecule has 1 aromatic rings. The van der Waals surface area contributed by atoms with Gasteiger partial charge >= 0.3 is 0 Å². The van der Waals surface area contributed by atoms with E-state index in [0.29, 0.717) is 24.9 Å². The maximum Gasteiger partial charge on any atom is 0.247 e. The second kappa shape index (κ2) is 5.42. The van der Waals surface area contributed by atoms with Gasteiger partial charge in [-0.2, -0.15) is 4.31 Å². The first-order chi connectivity index (χ1) is 9.52. The van der Waals surface area contributed by atoms with Crippen LogP contribution in [0.2, 0.25) is 0 Å². The van der Waals surface area contributed by atoms with Crippen molar-refractivity contribution in [1.29, 1.82) is 0 Å². The van der Waals surface area contributed by atoms with Crippen LogP contribution in [0.4, 0.5) is 0 Å². The van der Waals surface area contributed by atoms with Gasteiger partial charge in [-0.3, -0.25) is 4.90 Å². The largest absolute Gasteiger partial charge is 0.452 e. The second-order valence-electron chi connectivity index (χ2n) is 5.25. The summed E-state index contributed by atoms with van der Waals surface area (Å²) in [6, 6.07) is 1.87. The van der Waals surface area contributed by atoms with Gasteiger partial charge in [0.1, 0.15) is 10.7 Å². The molecule has 2 aliphatic heterocycles. The van der Waals surface area contributed by atoms with Crippen molar-refractivity contribution in [3.63, 3.8) is 0 Å². The summed E-state index contributed by atoms with van der Waals surface area (Å²) in [5.74, 6) is 0.468. The molecule has 2 fully saturated rings. The Kier molecular flexibility index (Phi) is 3.93. The highest BCUT2D eigenvalue weighted by molar-refractivity contribution is 9.10. The van der Waals surface area contributed by atoms with Crippen LogP contribution in [-0.4, -0.2) is 49.8 Å². The quantitative estimate of drug-likeness (QED) is 0.865. The van der Waals surface area contributed by atoms with Crippen LogP contribution in [0.5, 0.6) is 0 Å². The molecule has 3 heterocycles. The molecular weight excluding hydrogens is 346 g/mol. The van der Waals surface area contributed by atoms with Gasteiger partial charge in [0.05, 0.1) is 6.54 Å². The zero-order valence-electron chi connectivity index (χ0n) is 11.1. The molecule has 2 aliphatic rings. The van der Waals surface area contributed by atoms with E-state index >= 15 is 0 Å². The smallest absolute Gasteiger partial charge is 0.247 e. The first-order valence-electron chi connectivity index (χ1n) is 6.75. The number of nitrogens with zero attached hydrogens (tertiary/aromatic N) is 2. The molecule has 0 aromatic carbocycles. The Morgan fingerprint density at radius 1 is 1.40 bits per heavy atom. The third kappa shape index (κ3) is 2.43. The van der Waals surface area contributed by atoms with E-state index in [4.69, 9.17) is 10.2 Å². The first-order valence-corrected chi connectivity index (χ1v) is 8.98. The molecule has 2 saturated heterocycles. The number of halogens is 1. The van der Waals surface area contributed by atoms with E-state index in [2.05, 4.69) is 20.8 Å². The van der Waals surface area contributed by atoms with Crippen molar-refractivity contribution in [3.8, 4) is 0 Å². The predicted octanol–water partition coefficient (Wildman–Crippen LogP) is 0.969. The SMILES string of the molecule is NCc1cc(S(=O)(=O)N2CCN3CCCC3C2)c(Br)o1. The highest BCUT2D eigenvalue weighted by Gasteiger charge is 2.37. The topological polar surface area (TPSA) is 79.8 Å². The molecule has 3 rings (SSSR count). The normalized spacial score (nSPS) is 25.0. The fraction of sp³-hybridized carbons (Fsp3) is 0.667. The minimum Gasteiger partial charge on any atom is -0.452 e. The molecule has 0 bridgehead atoms. The van der Waals surface area contributed by atoms with E-state index in [1.165, 1.54) is 6.07 Å². The lowest BCUT2D eigenvalue weighted by molar-refractivity contribution is 0.158. The number of rotatable bonds is 3. The fourth-order valence-electron chi connectivity index (χ4n) is 2.99. The lowest BCUT2D eigenvalue weighted by Crippen LogP contribution is -2.51. The number of hydrogen-bond donors (Lipinski definition) is 1. The Labute approximate surface area is 127 Å². The molecule has 20 heavy (non-hydrogen) atoms. The molecule has 0 saturated carbocycles. The van der Waals surface area contributed by atoms with Gasteiger partial charge in [0.15, 0.2) is 4.67 Å². The van der Waals surface area contributed by atoms with Crippen molar-refractivity contribution in [2.75, 3.05) is 26.2 Å². The van der Waals surface area contributed by atoms with Gasteiger partial charge in [-0.25, -0.2) is 8.42 Å². The van der Waals surface area contributed by atoms with Crippen LogP contribution in [0.1, 0.15) is 18.6 Å². The van der Waals surface area contributed by atoms with Gasteiger partial charge in [0.25, 0.3) is 0 Å². The molecule has 0 spiro atoms. The number of sulfonamides is 1. The van der Waals surface area contributed by atoms with E-state index in [1.807, 2.05) is 0 Å². The van der Waals surface area contributed by atoms with E-state index in [-0.39, 0.29) is 16.1 Å². The summed E-state index contributed by atoms with van der Waals surface area (Å²) in [4.78, 5) is 2.56. The molecule has 0 aliphatic carbocycles. The lowest BCUT2D eigenvalue weighted by Gasteiger charge is -2.36. The maximum absolute atomic E-state index is 12.7. The zero-order chi connectivity index (χ0) is 14.3. The van der Waals surface area contributed by atoms with Crippen molar-refractivity contribution in [1.82, 2.24) is 9.21 Å². The number of furan rings is 1. The Morgan fingerprint density at radius 3 is 2.90 bits per heavy atom. The van der Waals surface area contributed by atoms with E-state index < -0.39 is 10.0 Å². The number of piperazine rings is 1. The molecular formula is C12H18BrN3O3S. The van der Waals surface area contributed by atoms with Gasteiger partial charge in [0.2, 0.25) is 10.0 Å². The van der Waals surface area contributed by atoms with E-state index in [0.717, 1.165) is 25.9 Å². The molecule has 0 radical (unpaired) electrons. The van der Waals surface area contributed by atoms with Gasteiger partial charge in [-0.05, 0) is 35.3 Å². The van der Waals surface area contributed by atoms with E-state index in [1.54, 1.807) is 4.31 Å². The maximum atomic E-state index is 12.7. The summed E-state index contributed by atoms with van der Waals surface area (Å²) in [7, 11) is -3.51. The van der Waals surface area contributed by atoms with Crippen molar-refractivity contribution < 1.29 is 12.8 Å². The van der Waals surface area contributed by atoms with Crippen molar-refractivity contribution in [2.45, 2.75) is 30.3 Å². The molecule has 1 unspecified atom stereocenters. The molecule has 8 heteroatoms. The first kappa shape index (κ1) is 14.5. The van der Waals surface area contributed by atoms with Crippen LogP contribution in [0.15, 0.2) is 20.0 Å². The Morgan fingerprint density at radius 2 is 2.20 bits per heavy atom. The third-order valence-electron chi connectivity index (χ3n) is 4.08. The minimum atomic E-state index is -3.51. The van der Waals surface area contributed by atoms with Gasteiger partial charge in [-0.15, -0.1) is 0 Å². The predicted molar refractivity (Wildman–Crippen MR) is 77.7 cm³/mol. The Balaban J connectivity index is 1.86. The van der Waals surface area contributed by atoms with Crippen molar-refractivity contribution >= 4 is 26.0 Å². The summed E-state index contributed by atoms with van der Waals surface area (Å²) >= 11 is 3.18. The third-order valence-corrected chi connectivity index (χ3v) is 6.80. The molecule has 1 atom stereocenters. The monoisotopic (exact) mass is 363 g/mol. The Hall–Kier alpha value is -0.410. The molecule has 112 valence electrons. The molecule has 2 N–H and O–H groups in total. The minimum absolute atomic E-state index is 0.185. The van der Waals surface area contributed by atoms with Crippen LogP contribution in [-0.2, 0) is 16.6 Å². The van der Waals surface area contributed by atoms with Crippen molar-refractivity contribution in [3.05, 3.63) is 16.5 Å². The van der Waals surface area contributed by atoms with Crippen molar-refractivity contribution in [2.24, 2.45) is 5.73 Å². The van der Waals surface area contributed by atoms with Gasteiger partial charge in [0, 0.05) is 31.7 Å². The molecule has 1 aromatic heterocycles.